The Morgan fingerprint density at radius 2 is 1.61 bits per heavy atom. The Kier molecular flexibility index (Phi) is 8.14. The number of hydrogen-bond donors (Lipinski definition) is 1. The predicted octanol–water partition coefficient (Wildman–Crippen LogP) is 6.27. The van der Waals surface area contributed by atoms with Crippen LogP contribution in [-0.4, -0.2) is 11.9 Å². The molecule has 0 spiro atoms. The van der Waals surface area contributed by atoms with E-state index in [0.29, 0.717) is 12.0 Å². The Balaban J connectivity index is 1.59. The van der Waals surface area contributed by atoms with Gasteiger partial charge >= 0.3 is 0 Å². The van der Waals surface area contributed by atoms with E-state index in [4.69, 9.17) is 0 Å². The normalized spacial score (nSPS) is 17.0. The van der Waals surface area contributed by atoms with Gasteiger partial charge in [-0.3, -0.25) is 4.79 Å². The number of rotatable bonds is 9. The van der Waals surface area contributed by atoms with E-state index in [0.717, 1.165) is 38.5 Å². The van der Waals surface area contributed by atoms with Crippen LogP contribution in [0.15, 0.2) is 60.7 Å². The van der Waals surface area contributed by atoms with Crippen LogP contribution in [0.3, 0.4) is 0 Å². The molecule has 0 radical (unpaired) electrons. The maximum absolute atomic E-state index is 13.1. The molecule has 28 heavy (non-hydrogen) atoms. The summed E-state index contributed by atoms with van der Waals surface area (Å²) in [5.74, 6) is 0.781. The summed E-state index contributed by atoms with van der Waals surface area (Å²) in [5, 5.41) is 3.39. The van der Waals surface area contributed by atoms with Crippen LogP contribution in [0.25, 0.3) is 0 Å². The highest BCUT2D eigenvalue weighted by Crippen LogP contribution is 2.27. The Morgan fingerprint density at radius 3 is 2.29 bits per heavy atom. The monoisotopic (exact) mass is 377 g/mol. The molecule has 1 fully saturated rings. The average molecular weight is 378 g/mol. The van der Waals surface area contributed by atoms with E-state index in [1.807, 2.05) is 0 Å². The van der Waals surface area contributed by atoms with Crippen molar-refractivity contribution in [3.63, 3.8) is 0 Å². The number of nitrogens with one attached hydrogen (secondary N) is 1. The highest BCUT2D eigenvalue weighted by Gasteiger charge is 2.24. The van der Waals surface area contributed by atoms with Gasteiger partial charge in [-0.25, -0.2) is 0 Å². The molecule has 2 aromatic rings. The van der Waals surface area contributed by atoms with Crippen molar-refractivity contribution in [2.75, 3.05) is 0 Å². The van der Waals surface area contributed by atoms with Crippen LogP contribution in [0.4, 0.5) is 0 Å². The van der Waals surface area contributed by atoms with Crippen LogP contribution in [0, 0.1) is 5.92 Å². The van der Waals surface area contributed by atoms with Crippen molar-refractivity contribution in [3.8, 4) is 0 Å². The van der Waals surface area contributed by atoms with E-state index in [1.165, 1.54) is 30.4 Å². The van der Waals surface area contributed by atoms with Gasteiger partial charge in [0.2, 0.25) is 5.91 Å². The van der Waals surface area contributed by atoms with Gasteiger partial charge in [0.15, 0.2) is 0 Å². The van der Waals surface area contributed by atoms with Gasteiger partial charge < -0.3 is 5.32 Å². The minimum atomic E-state index is 0.0980. The zero-order valence-corrected chi connectivity index (χ0v) is 17.3. The Labute approximate surface area is 170 Å². The molecular formula is C26H35NO. The van der Waals surface area contributed by atoms with Gasteiger partial charge in [0, 0.05) is 12.0 Å². The third-order valence-corrected chi connectivity index (χ3v) is 6.19. The highest BCUT2D eigenvalue weighted by atomic mass is 16.1. The van der Waals surface area contributed by atoms with Crippen molar-refractivity contribution in [1.82, 2.24) is 5.32 Å². The van der Waals surface area contributed by atoms with Crippen molar-refractivity contribution in [1.29, 1.82) is 0 Å². The zero-order valence-electron chi connectivity index (χ0n) is 17.3. The summed E-state index contributed by atoms with van der Waals surface area (Å²) in [6.07, 6.45) is 10.1. The molecule has 2 nitrogen and oxygen atoms in total. The number of aryl methyl sites for hydroxylation is 1. The number of carbonyl (C=O) groups is 1. The molecule has 0 saturated heterocycles. The SMILES string of the molecule is CC(CC(CCCc1ccccc1)C(=O)NC1CCCCC1)c1ccccc1. The molecule has 0 bridgehead atoms. The largest absolute Gasteiger partial charge is 0.353 e. The molecule has 2 aromatic carbocycles. The first kappa shape index (κ1) is 20.6. The van der Waals surface area contributed by atoms with Gasteiger partial charge in [0.05, 0.1) is 0 Å². The fourth-order valence-corrected chi connectivity index (χ4v) is 4.46. The van der Waals surface area contributed by atoms with E-state index < -0.39 is 0 Å². The summed E-state index contributed by atoms with van der Waals surface area (Å²) in [5.41, 5.74) is 2.70. The first-order valence-corrected chi connectivity index (χ1v) is 11.1. The standard InChI is InChI=1S/C26H35NO/c1-21(23-15-7-3-8-16-23)20-24(17-11-14-22-12-5-2-6-13-22)26(28)27-25-18-9-4-10-19-25/h2-3,5-8,12-13,15-16,21,24-25H,4,9-11,14,17-20H2,1H3,(H,27,28). The number of benzene rings is 2. The molecule has 1 N–H and O–H groups in total. The molecule has 150 valence electrons. The lowest BCUT2D eigenvalue weighted by molar-refractivity contribution is -0.126. The zero-order chi connectivity index (χ0) is 19.6. The summed E-state index contributed by atoms with van der Waals surface area (Å²) in [4.78, 5) is 13.1. The van der Waals surface area contributed by atoms with Crippen LogP contribution in [0.5, 0.6) is 0 Å². The quantitative estimate of drug-likeness (QED) is 0.548. The lowest BCUT2D eigenvalue weighted by atomic mass is 9.86. The third-order valence-electron chi connectivity index (χ3n) is 6.19. The van der Waals surface area contributed by atoms with Crippen LogP contribution in [0.2, 0.25) is 0 Å². The van der Waals surface area contributed by atoms with Crippen molar-refractivity contribution < 1.29 is 4.79 Å². The first-order chi connectivity index (χ1) is 13.7. The molecule has 1 aliphatic carbocycles. The highest BCUT2D eigenvalue weighted by molar-refractivity contribution is 5.79. The van der Waals surface area contributed by atoms with Crippen molar-refractivity contribution in [2.24, 2.45) is 5.92 Å². The molecule has 0 aromatic heterocycles. The molecule has 3 rings (SSSR count). The van der Waals surface area contributed by atoms with Crippen molar-refractivity contribution >= 4 is 5.91 Å². The second-order valence-electron chi connectivity index (χ2n) is 8.47. The van der Waals surface area contributed by atoms with Gasteiger partial charge in [-0.05, 0) is 55.6 Å². The molecular weight excluding hydrogens is 342 g/mol. The summed E-state index contributed by atoms with van der Waals surface area (Å²) < 4.78 is 0. The van der Waals surface area contributed by atoms with E-state index in [2.05, 4.69) is 72.9 Å². The molecule has 1 amide bonds. The predicted molar refractivity (Wildman–Crippen MR) is 117 cm³/mol. The fourth-order valence-electron chi connectivity index (χ4n) is 4.46. The molecule has 2 unspecified atom stereocenters. The van der Waals surface area contributed by atoms with Gasteiger partial charge in [0.1, 0.15) is 0 Å². The average Bonchev–Trinajstić information content (AvgIpc) is 2.75. The second-order valence-corrected chi connectivity index (χ2v) is 8.47. The first-order valence-electron chi connectivity index (χ1n) is 11.1. The molecule has 1 aliphatic rings. The smallest absolute Gasteiger partial charge is 0.223 e. The molecule has 0 aliphatic heterocycles. The minimum Gasteiger partial charge on any atom is -0.353 e. The maximum atomic E-state index is 13.1. The van der Waals surface area contributed by atoms with Crippen molar-refractivity contribution in [3.05, 3.63) is 71.8 Å². The van der Waals surface area contributed by atoms with E-state index in [-0.39, 0.29) is 11.8 Å². The number of hydrogen-bond acceptors (Lipinski definition) is 1. The molecule has 1 saturated carbocycles. The van der Waals surface area contributed by atoms with Gasteiger partial charge in [-0.15, -0.1) is 0 Å². The van der Waals surface area contributed by atoms with E-state index >= 15 is 0 Å². The van der Waals surface area contributed by atoms with Gasteiger partial charge in [-0.1, -0.05) is 86.8 Å². The van der Waals surface area contributed by atoms with E-state index in [9.17, 15) is 4.79 Å². The summed E-state index contributed by atoms with van der Waals surface area (Å²) >= 11 is 0. The summed E-state index contributed by atoms with van der Waals surface area (Å²) in [7, 11) is 0. The second kappa shape index (κ2) is 11.0. The summed E-state index contributed by atoms with van der Waals surface area (Å²) in [6.45, 7) is 2.26. The Hall–Kier alpha value is -2.09. The number of carbonyl (C=O) groups excluding carboxylic acids is 1. The maximum Gasteiger partial charge on any atom is 0.223 e. The Morgan fingerprint density at radius 1 is 0.964 bits per heavy atom. The lowest BCUT2D eigenvalue weighted by Gasteiger charge is -2.27. The summed E-state index contributed by atoms with van der Waals surface area (Å²) in [6, 6.07) is 21.6. The molecule has 2 atom stereocenters. The minimum absolute atomic E-state index is 0.0980. The van der Waals surface area contributed by atoms with Crippen molar-refractivity contribution in [2.45, 2.75) is 76.7 Å². The van der Waals surface area contributed by atoms with Crippen LogP contribution < -0.4 is 5.32 Å². The lowest BCUT2D eigenvalue weighted by Crippen LogP contribution is -2.40. The molecule has 0 heterocycles. The van der Waals surface area contributed by atoms with Crippen LogP contribution in [-0.2, 0) is 11.2 Å². The third kappa shape index (κ3) is 6.51. The van der Waals surface area contributed by atoms with Gasteiger partial charge in [-0.2, -0.15) is 0 Å². The molecule has 2 heteroatoms. The van der Waals surface area contributed by atoms with Gasteiger partial charge in [0.25, 0.3) is 0 Å². The fraction of sp³-hybridized carbons (Fsp3) is 0.500. The van der Waals surface area contributed by atoms with E-state index in [1.54, 1.807) is 0 Å². The Bertz CT molecular complexity index is 691. The topological polar surface area (TPSA) is 29.1 Å². The van der Waals surface area contributed by atoms with Crippen LogP contribution in [0.1, 0.15) is 75.3 Å². The number of amides is 1. The van der Waals surface area contributed by atoms with Crippen LogP contribution >= 0.6 is 0 Å².